The molecule has 36 heavy (non-hydrogen) atoms. The van der Waals surface area contributed by atoms with Gasteiger partial charge in [-0.25, -0.2) is 0 Å². The summed E-state index contributed by atoms with van der Waals surface area (Å²) in [6.07, 6.45) is 0. The molecule has 8 nitrogen and oxygen atoms in total. The van der Waals surface area contributed by atoms with Gasteiger partial charge in [0.2, 0.25) is 0 Å². The molecule has 1 aliphatic rings. The first-order valence-corrected chi connectivity index (χ1v) is 11.2. The van der Waals surface area contributed by atoms with Crippen LogP contribution in [0.1, 0.15) is 33.4 Å². The van der Waals surface area contributed by atoms with Crippen LogP contribution in [0.4, 0.5) is 11.4 Å². The van der Waals surface area contributed by atoms with Gasteiger partial charge in [0.1, 0.15) is 11.2 Å². The molecule has 0 heterocycles. The van der Waals surface area contributed by atoms with Crippen LogP contribution in [0.25, 0.3) is 0 Å². The average Bonchev–Trinajstić information content (AvgIpc) is 2.92. The van der Waals surface area contributed by atoms with Gasteiger partial charge >= 0.3 is 0 Å². The van der Waals surface area contributed by atoms with E-state index in [0.29, 0.717) is 0 Å². The highest BCUT2D eigenvalue weighted by atomic mass is 16.6. The fourth-order valence-electron chi connectivity index (χ4n) is 5.42. The summed E-state index contributed by atoms with van der Waals surface area (Å²) in [6.45, 7) is 0. The largest absolute Gasteiger partial charge is 0.364 e. The van der Waals surface area contributed by atoms with Crippen molar-refractivity contribution in [1.82, 2.24) is 0 Å². The van der Waals surface area contributed by atoms with Crippen LogP contribution in [0.2, 0.25) is 0 Å². The number of benzene rings is 4. The highest BCUT2D eigenvalue weighted by molar-refractivity contribution is 5.66. The van der Waals surface area contributed by atoms with E-state index in [0.717, 1.165) is 33.4 Å². The van der Waals surface area contributed by atoms with Gasteiger partial charge < -0.3 is 9.47 Å². The van der Waals surface area contributed by atoms with E-state index in [1.165, 1.54) is 24.3 Å². The lowest BCUT2D eigenvalue weighted by atomic mass is 9.63. The second kappa shape index (κ2) is 8.67. The molecule has 0 spiro atoms. The zero-order valence-electron chi connectivity index (χ0n) is 19.6. The predicted octanol–water partition coefficient (Wildman–Crippen LogP) is 5.69. The summed E-state index contributed by atoms with van der Waals surface area (Å²) in [7, 11) is 3.22. The maximum atomic E-state index is 11.3. The molecule has 0 saturated heterocycles. The summed E-state index contributed by atoms with van der Waals surface area (Å²) in [5.74, 6) is 0. The molecule has 0 amide bonds. The molecule has 0 unspecified atom stereocenters. The molecule has 4 aromatic rings. The molecule has 180 valence electrons. The van der Waals surface area contributed by atoms with Crippen LogP contribution >= 0.6 is 0 Å². The Balaban J connectivity index is 1.85. The maximum absolute atomic E-state index is 11.3. The Bertz CT molecular complexity index is 1310. The standard InChI is InChI=1S/C28H22N2O6/c1-35-27(19-11-15-21(16-12-19)29(31)32)23-7-3-5-9-25(23)28(36-2,26-10-6-4-8-24(26)27)20-13-17-22(18-14-20)30(33)34/h3-18H,1-2H3. The Labute approximate surface area is 207 Å². The fourth-order valence-corrected chi connectivity index (χ4v) is 5.42. The fraction of sp³-hybridized carbons (Fsp3) is 0.143. The minimum absolute atomic E-state index is 0.0144. The first kappa shape index (κ1) is 23.3. The van der Waals surface area contributed by atoms with Crippen LogP contribution < -0.4 is 0 Å². The topological polar surface area (TPSA) is 105 Å². The van der Waals surface area contributed by atoms with Gasteiger partial charge in [-0.1, -0.05) is 48.5 Å². The van der Waals surface area contributed by atoms with Crippen molar-refractivity contribution in [3.63, 3.8) is 0 Å². The Hall–Kier alpha value is -4.40. The maximum Gasteiger partial charge on any atom is 0.269 e. The van der Waals surface area contributed by atoms with Gasteiger partial charge in [-0.3, -0.25) is 20.2 Å². The lowest BCUT2D eigenvalue weighted by molar-refractivity contribution is -0.385. The van der Waals surface area contributed by atoms with Crippen LogP contribution in [-0.4, -0.2) is 24.1 Å². The summed E-state index contributed by atoms with van der Waals surface area (Å²) in [5.41, 5.74) is 2.49. The quantitative estimate of drug-likeness (QED) is 0.258. The normalized spacial score (nSPS) is 20.3. The van der Waals surface area contributed by atoms with Crippen molar-refractivity contribution in [2.24, 2.45) is 0 Å². The Morgan fingerprint density at radius 1 is 0.528 bits per heavy atom. The lowest BCUT2D eigenvalue weighted by Gasteiger charge is -2.48. The van der Waals surface area contributed by atoms with E-state index < -0.39 is 21.0 Å². The lowest BCUT2D eigenvalue weighted by Crippen LogP contribution is -2.46. The second-order valence-corrected chi connectivity index (χ2v) is 8.47. The number of methoxy groups -OCH3 is 2. The smallest absolute Gasteiger partial charge is 0.269 e. The van der Waals surface area contributed by atoms with Crippen LogP contribution in [-0.2, 0) is 20.7 Å². The third-order valence-corrected chi connectivity index (χ3v) is 6.95. The van der Waals surface area contributed by atoms with E-state index in [9.17, 15) is 20.2 Å². The summed E-state index contributed by atoms with van der Waals surface area (Å²) < 4.78 is 12.7. The Morgan fingerprint density at radius 3 is 1.03 bits per heavy atom. The SMILES string of the molecule is COC1(c2ccc([N+](=O)[O-])cc2)c2ccccc2C(OC)(c2ccc([N+](=O)[O-])cc2)c2ccccc21. The molecule has 0 N–H and O–H groups in total. The molecule has 0 radical (unpaired) electrons. The minimum atomic E-state index is -1.08. The van der Waals surface area contributed by atoms with Crippen LogP contribution in [0.5, 0.6) is 0 Å². The molecule has 4 aromatic carbocycles. The molecular weight excluding hydrogens is 460 g/mol. The third-order valence-electron chi connectivity index (χ3n) is 6.95. The van der Waals surface area contributed by atoms with Crippen LogP contribution in [0.15, 0.2) is 97.1 Å². The zero-order valence-corrected chi connectivity index (χ0v) is 19.6. The van der Waals surface area contributed by atoms with Crippen LogP contribution in [0, 0.1) is 20.2 Å². The van der Waals surface area contributed by atoms with Crippen molar-refractivity contribution in [1.29, 1.82) is 0 Å². The zero-order chi connectivity index (χ0) is 25.5. The van der Waals surface area contributed by atoms with Gasteiger partial charge in [-0.05, 0) is 57.6 Å². The number of fused-ring (bicyclic) bond motifs is 2. The minimum Gasteiger partial charge on any atom is -0.364 e. The molecule has 0 aromatic heterocycles. The number of rotatable bonds is 6. The van der Waals surface area contributed by atoms with E-state index in [2.05, 4.69) is 0 Å². The molecule has 5 rings (SSSR count). The van der Waals surface area contributed by atoms with E-state index in [-0.39, 0.29) is 11.4 Å². The molecule has 8 heteroatoms. The summed E-state index contributed by atoms with van der Waals surface area (Å²) >= 11 is 0. The second-order valence-electron chi connectivity index (χ2n) is 8.47. The average molecular weight is 482 g/mol. The van der Waals surface area contributed by atoms with E-state index in [1.807, 2.05) is 48.5 Å². The van der Waals surface area contributed by atoms with Crippen molar-refractivity contribution < 1.29 is 19.3 Å². The molecule has 0 bridgehead atoms. The van der Waals surface area contributed by atoms with Gasteiger partial charge in [0.05, 0.1) is 9.85 Å². The van der Waals surface area contributed by atoms with Crippen molar-refractivity contribution in [3.8, 4) is 0 Å². The number of nitrogens with zero attached hydrogens (tertiary/aromatic N) is 2. The number of hydrogen-bond acceptors (Lipinski definition) is 6. The Morgan fingerprint density at radius 2 is 0.806 bits per heavy atom. The molecule has 0 atom stereocenters. The predicted molar refractivity (Wildman–Crippen MR) is 133 cm³/mol. The monoisotopic (exact) mass is 482 g/mol. The number of nitro groups is 2. The van der Waals surface area contributed by atoms with Crippen molar-refractivity contribution in [2.75, 3.05) is 14.2 Å². The third kappa shape index (κ3) is 3.16. The number of nitro benzene ring substituents is 2. The van der Waals surface area contributed by atoms with Crippen LogP contribution in [0.3, 0.4) is 0 Å². The summed E-state index contributed by atoms with van der Waals surface area (Å²) in [4.78, 5) is 21.7. The summed E-state index contributed by atoms with van der Waals surface area (Å²) in [5, 5.41) is 22.6. The number of ether oxygens (including phenoxy) is 2. The van der Waals surface area contributed by atoms with Crippen molar-refractivity contribution in [3.05, 3.63) is 151 Å². The Kier molecular flexibility index (Phi) is 5.62. The van der Waals surface area contributed by atoms with E-state index >= 15 is 0 Å². The first-order valence-electron chi connectivity index (χ1n) is 11.2. The van der Waals surface area contributed by atoms with Crippen molar-refractivity contribution >= 4 is 11.4 Å². The van der Waals surface area contributed by atoms with E-state index in [4.69, 9.17) is 9.47 Å². The first-order chi connectivity index (χ1) is 17.4. The van der Waals surface area contributed by atoms with Gasteiger partial charge in [0.15, 0.2) is 0 Å². The molecule has 1 aliphatic carbocycles. The number of non-ortho nitro benzene ring substituents is 2. The van der Waals surface area contributed by atoms with Gasteiger partial charge in [0, 0.05) is 38.5 Å². The molecule has 0 fully saturated rings. The summed E-state index contributed by atoms with van der Waals surface area (Å²) in [6, 6.07) is 28.1. The van der Waals surface area contributed by atoms with Gasteiger partial charge in [0.25, 0.3) is 11.4 Å². The highest BCUT2D eigenvalue weighted by Crippen LogP contribution is 2.55. The molecule has 0 aliphatic heterocycles. The van der Waals surface area contributed by atoms with Gasteiger partial charge in [-0.15, -0.1) is 0 Å². The number of hydrogen-bond donors (Lipinski definition) is 0. The molecule has 0 saturated carbocycles. The van der Waals surface area contributed by atoms with E-state index in [1.54, 1.807) is 38.5 Å². The van der Waals surface area contributed by atoms with Crippen molar-refractivity contribution in [2.45, 2.75) is 11.2 Å². The molecular formula is C28H22N2O6. The highest BCUT2D eigenvalue weighted by Gasteiger charge is 2.53. The van der Waals surface area contributed by atoms with Gasteiger partial charge in [-0.2, -0.15) is 0 Å².